The van der Waals surface area contributed by atoms with Gasteiger partial charge in [-0.3, -0.25) is 9.59 Å². The number of carbonyl (C=O) groups excluding carboxylic acids is 3. The van der Waals surface area contributed by atoms with Gasteiger partial charge in [0.2, 0.25) is 11.8 Å². The predicted molar refractivity (Wildman–Crippen MR) is 181 cm³/mol. The minimum Gasteiger partial charge on any atom is -0.508 e. The normalized spacial score (nSPS) is 20.3. The molecule has 0 aromatic heterocycles. The summed E-state index contributed by atoms with van der Waals surface area (Å²) in [6.07, 6.45) is 2.96. The Morgan fingerprint density at radius 2 is 1.85 bits per heavy atom. The van der Waals surface area contributed by atoms with Gasteiger partial charge in [-0.1, -0.05) is 24.3 Å². The smallest absolute Gasteiger partial charge is 0.340 e. The van der Waals surface area contributed by atoms with E-state index < -0.39 is 23.7 Å². The van der Waals surface area contributed by atoms with Gasteiger partial charge in [0.05, 0.1) is 11.6 Å². The zero-order chi connectivity index (χ0) is 33.3. The van der Waals surface area contributed by atoms with Gasteiger partial charge in [-0.05, 0) is 89.1 Å². The van der Waals surface area contributed by atoms with Crippen molar-refractivity contribution in [3.05, 3.63) is 82.9 Å². The Labute approximate surface area is 279 Å². The first-order valence-electron chi connectivity index (χ1n) is 15.9. The number of hydrogen-bond donors (Lipinski definition) is 5. The molecule has 0 radical (unpaired) electrons. The van der Waals surface area contributed by atoms with E-state index in [9.17, 15) is 19.5 Å². The highest BCUT2D eigenvalue weighted by molar-refractivity contribution is 7.80. The molecule has 11 nitrogen and oxygen atoms in total. The molecular formula is C35H39N5O6S. The molecule has 3 aliphatic rings. The molecule has 3 aromatic carbocycles. The molecule has 6 rings (SSSR count). The molecule has 1 unspecified atom stereocenters. The number of nitrogens with zero attached hydrogens (tertiary/aromatic N) is 1. The van der Waals surface area contributed by atoms with Gasteiger partial charge in [0, 0.05) is 47.6 Å². The SMILES string of the molecule is CN[C@@H](C)C(=O)N[C@@H](CCCNC(=S)Nc1ccc2c(c1)C(=O)OC21c2ccccc2Oc2cc(O)ccc21)C(=O)N1CCC[C@H]1C. The van der Waals surface area contributed by atoms with Gasteiger partial charge in [-0.2, -0.15) is 0 Å². The summed E-state index contributed by atoms with van der Waals surface area (Å²) in [6, 6.07) is 16.7. The molecule has 0 saturated carbocycles. The number of esters is 1. The third-order valence-corrected chi connectivity index (χ3v) is 9.43. The number of rotatable bonds is 9. The molecule has 1 spiro atoms. The van der Waals surface area contributed by atoms with Crippen LogP contribution in [0.15, 0.2) is 60.7 Å². The van der Waals surface area contributed by atoms with Crippen LogP contribution in [0.3, 0.4) is 0 Å². The van der Waals surface area contributed by atoms with E-state index in [2.05, 4.69) is 21.3 Å². The summed E-state index contributed by atoms with van der Waals surface area (Å²) in [5.74, 6) is 0.226. The van der Waals surface area contributed by atoms with Crippen LogP contribution in [-0.4, -0.2) is 71.2 Å². The Hall–Kier alpha value is -4.68. The van der Waals surface area contributed by atoms with E-state index in [1.165, 1.54) is 6.07 Å². The van der Waals surface area contributed by atoms with Crippen molar-refractivity contribution in [1.82, 2.24) is 20.9 Å². The maximum atomic E-state index is 13.4. The summed E-state index contributed by atoms with van der Waals surface area (Å²) in [6.45, 7) is 4.97. The molecular weight excluding hydrogens is 618 g/mol. The monoisotopic (exact) mass is 657 g/mol. The summed E-state index contributed by atoms with van der Waals surface area (Å²) < 4.78 is 12.3. The summed E-state index contributed by atoms with van der Waals surface area (Å²) >= 11 is 5.55. The van der Waals surface area contributed by atoms with E-state index in [0.29, 0.717) is 70.5 Å². The number of nitrogens with one attached hydrogen (secondary N) is 4. The Balaban J connectivity index is 1.13. The van der Waals surface area contributed by atoms with E-state index in [1.807, 2.05) is 42.2 Å². The average molecular weight is 658 g/mol. The van der Waals surface area contributed by atoms with Crippen LogP contribution in [0.25, 0.3) is 0 Å². The van der Waals surface area contributed by atoms with Gasteiger partial charge < -0.3 is 40.7 Å². The number of ether oxygens (including phenoxy) is 2. The Morgan fingerprint density at radius 1 is 1.09 bits per heavy atom. The summed E-state index contributed by atoms with van der Waals surface area (Å²) in [4.78, 5) is 41.2. The number of thiocarbonyl (C=S) groups is 1. The van der Waals surface area contributed by atoms with E-state index in [4.69, 9.17) is 21.7 Å². The van der Waals surface area contributed by atoms with Gasteiger partial charge in [-0.25, -0.2) is 4.79 Å². The first kappa shape index (κ1) is 32.3. The lowest BCUT2D eigenvalue weighted by Gasteiger charge is -2.36. The molecule has 3 heterocycles. The van der Waals surface area contributed by atoms with Crippen molar-refractivity contribution < 1.29 is 29.0 Å². The number of para-hydroxylation sites is 1. The second-order valence-corrected chi connectivity index (χ2v) is 12.6. The molecule has 3 aliphatic heterocycles. The molecule has 3 aromatic rings. The lowest BCUT2D eigenvalue weighted by Crippen LogP contribution is -2.53. The fourth-order valence-corrected chi connectivity index (χ4v) is 6.79. The summed E-state index contributed by atoms with van der Waals surface area (Å²) in [5, 5.41) is 22.7. The standard InChI is InChI=1S/C35H39N5O6S/c1-20-8-7-17-40(20)32(43)28(39-31(42)21(2)36-3)10-6-16-37-34(47)38-22-12-14-25-24(18-22)33(44)46-35(25)26-9-4-5-11-29(26)45-30-19-23(41)13-15-27(30)35/h4-5,9,11-15,18-21,28,36,41H,6-8,10,16-17H2,1-3H3,(H,39,42)(H2,37,38,47)/t20-,21+,28+,35?/m1/s1. The molecule has 0 aliphatic carbocycles. The van der Waals surface area contributed by atoms with Crippen LogP contribution in [0.1, 0.15) is 66.6 Å². The number of phenols is 1. The number of benzene rings is 3. The fraction of sp³-hybridized carbons (Fsp3) is 0.371. The number of likely N-dealkylation sites (N-methyl/N-ethyl adjacent to an activating group) is 1. The zero-order valence-electron chi connectivity index (χ0n) is 26.6. The highest BCUT2D eigenvalue weighted by Gasteiger charge is 2.53. The topological polar surface area (TPSA) is 141 Å². The van der Waals surface area contributed by atoms with Crippen LogP contribution >= 0.6 is 12.2 Å². The van der Waals surface area contributed by atoms with Gasteiger partial charge in [0.15, 0.2) is 10.7 Å². The highest BCUT2D eigenvalue weighted by Crippen LogP contribution is 2.56. The third kappa shape index (κ3) is 6.10. The number of aromatic hydroxyl groups is 1. The van der Waals surface area contributed by atoms with Crippen LogP contribution in [0.4, 0.5) is 5.69 Å². The number of carbonyl (C=O) groups is 3. The molecule has 246 valence electrons. The molecule has 12 heteroatoms. The van der Waals surface area contributed by atoms with Crippen molar-refractivity contribution in [2.75, 3.05) is 25.5 Å². The van der Waals surface area contributed by atoms with Crippen LogP contribution in [0.2, 0.25) is 0 Å². The van der Waals surface area contributed by atoms with E-state index in [1.54, 1.807) is 38.2 Å². The first-order chi connectivity index (χ1) is 22.6. The Bertz CT molecular complexity index is 1730. The highest BCUT2D eigenvalue weighted by atomic mass is 32.1. The minimum atomic E-state index is -1.23. The molecule has 47 heavy (non-hydrogen) atoms. The maximum absolute atomic E-state index is 13.4. The third-order valence-electron chi connectivity index (χ3n) is 9.19. The Morgan fingerprint density at radius 3 is 2.62 bits per heavy atom. The van der Waals surface area contributed by atoms with Crippen LogP contribution in [-0.2, 0) is 19.9 Å². The largest absolute Gasteiger partial charge is 0.508 e. The number of anilines is 1. The van der Waals surface area contributed by atoms with Crippen molar-refractivity contribution >= 4 is 40.8 Å². The zero-order valence-corrected chi connectivity index (χ0v) is 27.4. The summed E-state index contributed by atoms with van der Waals surface area (Å²) in [5.41, 5.74) is 1.72. The van der Waals surface area contributed by atoms with Crippen molar-refractivity contribution in [3.63, 3.8) is 0 Å². The van der Waals surface area contributed by atoms with E-state index >= 15 is 0 Å². The van der Waals surface area contributed by atoms with E-state index in [0.717, 1.165) is 12.8 Å². The van der Waals surface area contributed by atoms with Gasteiger partial charge in [0.1, 0.15) is 23.3 Å². The van der Waals surface area contributed by atoms with Crippen molar-refractivity contribution in [3.8, 4) is 17.2 Å². The molecule has 5 N–H and O–H groups in total. The number of amides is 2. The van der Waals surface area contributed by atoms with Gasteiger partial charge in [0.25, 0.3) is 0 Å². The first-order valence-corrected chi connectivity index (χ1v) is 16.3. The predicted octanol–water partition coefficient (Wildman–Crippen LogP) is 4.13. The van der Waals surface area contributed by atoms with Gasteiger partial charge in [-0.15, -0.1) is 0 Å². The molecule has 4 atom stereocenters. The Kier molecular flexibility index (Phi) is 9.07. The lowest BCUT2D eigenvalue weighted by molar-refractivity contribution is -0.137. The molecule has 1 fully saturated rings. The number of phenolic OH excluding ortho intramolecular Hbond substituents is 1. The quantitative estimate of drug-likeness (QED) is 0.130. The average Bonchev–Trinajstić information content (AvgIpc) is 3.62. The maximum Gasteiger partial charge on any atom is 0.340 e. The number of hydrogen-bond acceptors (Lipinski definition) is 8. The number of fused-ring (bicyclic) bond motifs is 6. The fourth-order valence-electron chi connectivity index (χ4n) is 6.57. The van der Waals surface area contributed by atoms with Crippen molar-refractivity contribution in [1.29, 1.82) is 0 Å². The van der Waals surface area contributed by atoms with Crippen LogP contribution in [0.5, 0.6) is 17.2 Å². The molecule has 1 saturated heterocycles. The van der Waals surface area contributed by atoms with E-state index in [-0.39, 0.29) is 23.6 Å². The summed E-state index contributed by atoms with van der Waals surface area (Å²) in [7, 11) is 1.71. The second kappa shape index (κ2) is 13.2. The second-order valence-electron chi connectivity index (χ2n) is 12.2. The van der Waals surface area contributed by atoms with Crippen molar-refractivity contribution in [2.24, 2.45) is 0 Å². The lowest BCUT2D eigenvalue weighted by atomic mass is 9.77. The van der Waals surface area contributed by atoms with Gasteiger partial charge >= 0.3 is 5.97 Å². The van der Waals surface area contributed by atoms with Crippen molar-refractivity contribution in [2.45, 2.75) is 63.3 Å². The molecule has 0 bridgehead atoms. The number of likely N-dealkylation sites (tertiary alicyclic amines) is 1. The molecule has 2 amide bonds. The van der Waals surface area contributed by atoms with Crippen LogP contribution in [0, 0.1) is 0 Å². The van der Waals surface area contributed by atoms with Crippen LogP contribution < -0.4 is 26.0 Å². The minimum absolute atomic E-state index is 0.0415.